The number of carbonyl (C=O) groups is 1. The van der Waals surface area contributed by atoms with Gasteiger partial charge in [0.25, 0.3) is 5.91 Å². The number of halogens is 1. The van der Waals surface area contributed by atoms with Gasteiger partial charge in [0, 0.05) is 0 Å². The van der Waals surface area contributed by atoms with Crippen LogP contribution < -0.4 is 0 Å². The van der Waals surface area contributed by atoms with Gasteiger partial charge in [0.2, 0.25) is 8.03 Å². The SMILES string of the molecule is CCOC(=O)C(F)[PH](=O)OCC. The summed E-state index contributed by atoms with van der Waals surface area (Å²) in [5.41, 5.74) is 0. The third kappa shape index (κ3) is 3.83. The Morgan fingerprint density at radius 2 is 2.08 bits per heavy atom. The fourth-order valence-corrected chi connectivity index (χ4v) is 1.23. The molecule has 4 nitrogen and oxygen atoms in total. The van der Waals surface area contributed by atoms with Gasteiger partial charge in [-0.15, -0.1) is 0 Å². The monoisotopic (exact) mass is 198 g/mol. The molecule has 0 aliphatic rings. The van der Waals surface area contributed by atoms with E-state index in [1.54, 1.807) is 13.8 Å². The van der Waals surface area contributed by atoms with E-state index in [0.717, 1.165) is 0 Å². The zero-order valence-corrected chi connectivity index (χ0v) is 8.00. The molecule has 0 bridgehead atoms. The van der Waals surface area contributed by atoms with E-state index in [-0.39, 0.29) is 13.2 Å². The van der Waals surface area contributed by atoms with Crippen molar-refractivity contribution in [3.63, 3.8) is 0 Å². The van der Waals surface area contributed by atoms with E-state index < -0.39 is 19.9 Å². The lowest BCUT2D eigenvalue weighted by molar-refractivity contribution is -0.146. The average Bonchev–Trinajstić information content (AvgIpc) is 2.04. The van der Waals surface area contributed by atoms with Crippen LogP contribution in [0.3, 0.4) is 0 Å². The predicted octanol–water partition coefficient (Wildman–Crippen LogP) is 1.36. The maximum Gasteiger partial charge on any atom is 0.350 e. The molecule has 0 radical (unpaired) electrons. The summed E-state index contributed by atoms with van der Waals surface area (Å²) >= 11 is 0. The molecule has 2 atom stereocenters. The summed E-state index contributed by atoms with van der Waals surface area (Å²) in [4.78, 5) is 10.6. The highest BCUT2D eigenvalue weighted by atomic mass is 31.1. The third-order valence-electron chi connectivity index (χ3n) is 0.987. The van der Waals surface area contributed by atoms with Crippen LogP contribution in [-0.4, -0.2) is 25.1 Å². The summed E-state index contributed by atoms with van der Waals surface area (Å²) in [5, 5.41) is 0. The van der Waals surface area contributed by atoms with Gasteiger partial charge in [0.15, 0.2) is 0 Å². The molecule has 0 rings (SSSR count). The van der Waals surface area contributed by atoms with Crippen molar-refractivity contribution in [1.29, 1.82) is 0 Å². The second kappa shape index (κ2) is 6.14. The van der Waals surface area contributed by atoms with Crippen LogP contribution in [0.1, 0.15) is 13.8 Å². The Morgan fingerprint density at radius 3 is 2.50 bits per heavy atom. The molecule has 0 aromatic heterocycles. The van der Waals surface area contributed by atoms with Crippen LogP contribution in [0.4, 0.5) is 4.39 Å². The molecule has 0 saturated heterocycles. The minimum atomic E-state index is -2.93. The van der Waals surface area contributed by atoms with Crippen molar-refractivity contribution >= 4 is 14.0 Å². The minimum absolute atomic E-state index is 0.0700. The van der Waals surface area contributed by atoms with Gasteiger partial charge >= 0.3 is 5.97 Å². The van der Waals surface area contributed by atoms with Gasteiger partial charge in [-0.25, -0.2) is 9.18 Å². The fourth-order valence-electron chi connectivity index (χ4n) is 0.527. The van der Waals surface area contributed by atoms with Crippen LogP contribution in [0.2, 0.25) is 0 Å². The lowest BCUT2D eigenvalue weighted by Crippen LogP contribution is -2.15. The van der Waals surface area contributed by atoms with Crippen molar-refractivity contribution in [2.45, 2.75) is 19.8 Å². The molecule has 0 fully saturated rings. The van der Waals surface area contributed by atoms with Crippen molar-refractivity contribution in [2.75, 3.05) is 13.2 Å². The third-order valence-corrected chi connectivity index (χ3v) is 2.21. The highest BCUT2D eigenvalue weighted by Gasteiger charge is 2.25. The zero-order valence-electron chi connectivity index (χ0n) is 7.00. The van der Waals surface area contributed by atoms with Crippen LogP contribution in [0.25, 0.3) is 0 Å². The second-order valence-corrected chi connectivity index (χ2v) is 3.30. The Balaban J connectivity index is 3.91. The van der Waals surface area contributed by atoms with E-state index in [2.05, 4.69) is 9.26 Å². The van der Waals surface area contributed by atoms with Crippen LogP contribution in [0, 0.1) is 0 Å². The standard InChI is InChI=1S/C6H12FO4P/c1-3-10-6(8)5(7)12(9)11-4-2/h5,12H,3-4H2,1-2H3. The summed E-state index contributed by atoms with van der Waals surface area (Å²) in [6, 6.07) is 0. The first-order valence-electron chi connectivity index (χ1n) is 3.60. The molecule has 2 unspecified atom stereocenters. The molecule has 72 valence electrons. The highest BCUT2D eigenvalue weighted by molar-refractivity contribution is 7.41. The Kier molecular flexibility index (Phi) is 5.93. The Labute approximate surface area is 70.9 Å². The van der Waals surface area contributed by atoms with Gasteiger partial charge < -0.3 is 9.26 Å². The van der Waals surface area contributed by atoms with Crippen LogP contribution in [0.5, 0.6) is 0 Å². The average molecular weight is 198 g/mol. The van der Waals surface area contributed by atoms with Gasteiger partial charge in [-0.05, 0) is 13.8 Å². The number of carbonyl (C=O) groups excluding carboxylic acids is 1. The largest absolute Gasteiger partial charge is 0.463 e. The molecule has 0 aromatic rings. The molecule has 6 heteroatoms. The summed E-state index contributed by atoms with van der Waals surface area (Å²) in [6.07, 6.45) is 0. The van der Waals surface area contributed by atoms with E-state index in [0.29, 0.717) is 0 Å². The Bertz CT molecular complexity index is 155. The van der Waals surface area contributed by atoms with Gasteiger partial charge in [0.05, 0.1) is 13.2 Å². The maximum absolute atomic E-state index is 12.7. The van der Waals surface area contributed by atoms with Crippen molar-refractivity contribution in [1.82, 2.24) is 0 Å². The fraction of sp³-hybridized carbons (Fsp3) is 0.833. The maximum atomic E-state index is 12.7. The van der Waals surface area contributed by atoms with E-state index in [4.69, 9.17) is 0 Å². The van der Waals surface area contributed by atoms with E-state index >= 15 is 0 Å². The summed E-state index contributed by atoms with van der Waals surface area (Å²) in [5.74, 6) is -3.25. The number of rotatable bonds is 5. The number of alkyl halides is 1. The lowest BCUT2D eigenvalue weighted by atomic mass is 10.7. The molecule has 0 saturated carbocycles. The quantitative estimate of drug-likeness (QED) is 0.494. The number of hydrogen-bond acceptors (Lipinski definition) is 4. The molecule has 0 N–H and O–H groups in total. The second-order valence-electron chi connectivity index (χ2n) is 1.87. The van der Waals surface area contributed by atoms with Crippen LogP contribution in [0.15, 0.2) is 0 Å². The molecular weight excluding hydrogens is 186 g/mol. The summed E-state index contributed by atoms with van der Waals surface area (Å²) in [6.45, 7) is 3.31. The molecular formula is C6H12FO4P. The van der Waals surface area contributed by atoms with Crippen molar-refractivity contribution < 1.29 is 23.0 Å². The number of ether oxygens (including phenoxy) is 1. The Hall–Kier alpha value is -0.410. The first-order chi connectivity index (χ1) is 5.63. The molecule has 0 amide bonds. The van der Waals surface area contributed by atoms with Crippen molar-refractivity contribution in [3.05, 3.63) is 0 Å². The minimum Gasteiger partial charge on any atom is -0.463 e. The smallest absolute Gasteiger partial charge is 0.350 e. The van der Waals surface area contributed by atoms with Crippen LogP contribution >= 0.6 is 8.03 Å². The first-order valence-corrected chi connectivity index (χ1v) is 5.00. The molecule has 0 heterocycles. The van der Waals surface area contributed by atoms with Crippen molar-refractivity contribution in [2.24, 2.45) is 0 Å². The molecule has 0 aromatic carbocycles. The number of esters is 1. The van der Waals surface area contributed by atoms with E-state index in [1.165, 1.54) is 0 Å². The molecule has 12 heavy (non-hydrogen) atoms. The van der Waals surface area contributed by atoms with Gasteiger partial charge in [-0.3, -0.25) is 4.57 Å². The van der Waals surface area contributed by atoms with E-state index in [9.17, 15) is 13.8 Å². The van der Waals surface area contributed by atoms with Gasteiger partial charge in [-0.2, -0.15) is 0 Å². The molecule has 0 spiro atoms. The highest BCUT2D eigenvalue weighted by Crippen LogP contribution is 2.30. The lowest BCUT2D eigenvalue weighted by Gasteiger charge is -2.06. The normalized spacial score (nSPS) is 15.2. The first kappa shape index (κ1) is 11.6. The van der Waals surface area contributed by atoms with E-state index in [1.807, 2.05) is 0 Å². The van der Waals surface area contributed by atoms with Gasteiger partial charge in [0.1, 0.15) is 0 Å². The van der Waals surface area contributed by atoms with Crippen LogP contribution in [-0.2, 0) is 18.6 Å². The summed E-state index contributed by atoms with van der Waals surface area (Å²) in [7, 11) is -2.93. The number of hydrogen-bond donors (Lipinski definition) is 0. The predicted molar refractivity (Wildman–Crippen MR) is 42.2 cm³/mol. The topological polar surface area (TPSA) is 52.6 Å². The zero-order chi connectivity index (χ0) is 9.56. The summed E-state index contributed by atoms with van der Waals surface area (Å²) < 4.78 is 32.2. The molecule has 0 aliphatic heterocycles. The van der Waals surface area contributed by atoms with Crippen molar-refractivity contribution in [3.8, 4) is 0 Å². The molecule has 0 aliphatic carbocycles. The Morgan fingerprint density at radius 1 is 1.50 bits per heavy atom. The van der Waals surface area contributed by atoms with Gasteiger partial charge in [-0.1, -0.05) is 0 Å².